The molecule has 1 heterocycles. The average Bonchev–Trinajstić information content (AvgIpc) is 3.60. The molecule has 0 aliphatic heterocycles. The van der Waals surface area contributed by atoms with Gasteiger partial charge in [-0.15, -0.1) is 0 Å². The maximum absolute atomic E-state index is 5.26. The largest absolute Gasteiger partial charge is 0.208 e. The smallest absolute Gasteiger partial charge is 0.164 e. The molecule has 7 aromatic rings. The molecule has 0 saturated heterocycles. The van der Waals surface area contributed by atoms with Gasteiger partial charge in [0.25, 0.3) is 0 Å². The molecule has 1 aromatic heterocycles. The van der Waals surface area contributed by atoms with Crippen molar-refractivity contribution in [2.24, 2.45) is 5.92 Å². The zero-order valence-electron chi connectivity index (χ0n) is 31.1. The summed E-state index contributed by atoms with van der Waals surface area (Å²) in [6, 6.07) is 52.3. The predicted octanol–water partition coefficient (Wildman–Crippen LogP) is 12.5. The van der Waals surface area contributed by atoms with Crippen LogP contribution in [-0.2, 0) is 10.8 Å². The van der Waals surface area contributed by atoms with Crippen molar-refractivity contribution < 1.29 is 0 Å². The molecule has 54 heavy (non-hydrogen) atoms. The highest BCUT2D eigenvalue weighted by Crippen LogP contribution is 2.56. The van der Waals surface area contributed by atoms with E-state index >= 15 is 0 Å². The van der Waals surface area contributed by atoms with Crippen LogP contribution in [0.1, 0.15) is 61.7 Å². The van der Waals surface area contributed by atoms with Crippen LogP contribution in [0.15, 0.2) is 164 Å². The monoisotopic (exact) mass is 695 g/mol. The molecule has 6 aromatic carbocycles. The topological polar surface area (TPSA) is 38.7 Å². The molecule has 2 unspecified atom stereocenters. The summed E-state index contributed by atoms with van der Waals surface area (Å²) in [7, 11) is 0. The van der Waals surface area contributed by atoms with Gasteiger partial charge >= 0.3 is 0 Å². The molecule has 0 bridgehead atoms. The first-order valence-corrected chi connectivity index (χ1v) is 19.0. The number of nitrogens with zero attached hydrogens (tertiary/aromatic N) is 3. The molecule has 3 aliphatic rings. The van der Waals surface area contributed by atoms with Crippen molar-refractivity contribution in [2.75, 3.05) is 0 Å². The van der Waals surface area contributed by atoms with Gasteiger partial charge in [-0.25, -0.2) is 15.0 Å². The van der Waals surface area contributed by atoms with Crippen molar-refractivity contribution in [3.05, 3.63) is 192 Å². The summed E-state index contributed by atoms with van der Waals surface area (Å²) in [6.07, 6.45) is 7.08. The Kier molecular flexibility index (Phi) is 7.32. The summed E-state index contributed by atoms with van der Waals surface area (Å²) in [5.74, 6) is 2.57. The number of hydrogen-bond acceptors (Lipinski definition) is 3. The Balaban J connectivity index is 1.09. The Morgan fingerprint density at radius 1 is 0.444 bits per heavy atom. The van der Waals surface area contributed by atoms with E-state index in [1.807, 2.05) is 18.2 Å². The Bertz CT molecular complexity index is 2650. The van der Waals surface area contributed by atoms with Gasteiger partial charge in [0.2, 0.25) is 0 Å². The van der Waals surface area contributed by atoms with E-state index in [0.29, 0.717) is 23.4 Å². The Labute approximate surface area is 317 Å². The standard InChI is InChI=1S/C51H41N3/c1-50(2)43-29-27-36(30-41(43)46-38(19-13-21-44(46)50)34-24-22-33(23-25-34)32-14-7-5-8-15-32)48-52-47(35-16-9-6-10-17-35)53-49(54-48)37-26-28-40-39-18-11-12-20-42(39)51(3,4)45(40)31-37/h5-31,41,43H,1-4H3. The summed E-state index contributed by atoms with van der Waals surface area (Å²) in [4.78, 5) is 15.6. The maximum atomic E-state index is 5.26. The molecular formula is C51H41N3. The fourth-order valence-electron chi connectivity index (χ4n) is 9.37. The van der Waals surface area contributed by atoms with E-state index in [-0.39, 0.29) is 16.7 Å². The number of hydrogen-bond donors (Lipinski definition) is 0. The van der Waals surface area contributed by atoms with Gasteiger partial charge in [0.05, 0.1) is 0 Å². The molecule has 3 aliphatic carbocycles. The van der Waals surface area contributed by atoms with Crippen molar-refractivity contribution >= 4 is 5.57 Å². The lowest BCUT2D eigenvalue weighted by Gasteiger charge is -2.30. The minimum atomic E-state index is -0.119. The first-order chi connectivity index (χ1) is 26.3. The third-order valence-electron chi connectivity index (χ3n) is 12.3. The van der Waals surface area contributed by atoms with Crippen LogP contribution in [-0.4, -0.2) is 15.0 Å². The minimum Gasteiger partial charge on any atom is -0.208 e. The second-order valence-corrected chi connectivity index (χ2v) is 16.1. The first kappa shape index (κ1) is 32.5. The number of rotatable bonds is 5. The van der Waals surface area contributed by atoms with Gasteiger partial charge in [-0.1, -0.05) is 185 Å². The fourth-order valence-corrected chi connectivity index (χ4v) is 9.37. The Morgan fingerprint density at radius 3 is 1.76 bits per heavy atom. The quantitative estimate of drug-likeness (QED) is 0.180. The Hall–Kier alpha value is -6.19. The highest BCUT2D eigenvalue weighted by atomic mass is 15.0. The van der Waals surface area contributed by atoms with Crippen LogP contribution in [0.4, 0.5) is 0 Å². The molecular weight excluding hydrogens is 655 g/mol. The summed E-state index contributed by atoms with van der Waals surface area (Å²) < 4.78 is 0. The van der Waals surface area contributed by atoms with E-state index in [2.05, 4.69) is 173 Å². The van der Waals surface area contributed by atoms with E-state index < -0.39 is 0 Å². The van der Waals surface area contributed by atoms with Gasteiger partial charge in [0.15, 0.2) is 17.5 Å². The molecule has 260 valence electrons. The van der Waals surface area contributed by atoms with Crippen LogP contribution in [0, 0.1) is 5.92 Å². The van der Waals surface area contributed by atoms with Crippen LogP contribution >= 0.6 is 0 Å². The van der Waals surface area contributed by atoms with Gasteiger partial charge < -0.3 is 0 Å². The third-order valence-corrected chi connectivity index (χ3v) is 12.3. The lowest BCUT2D eigenvalue weighted by Crippen LogP contribution is -2.25. The summed E-state index contributed by atoms with van der Waals surface area (Å²) in [6.45, 7) is 9.42. The second-order valence-electron chi connectivity index (χ2n) is 16.1. The molecule has 0 spiro atoms. The number of fused-ring (bicyclic) bond motifs is 6. The molecule has 0 amide bonds. The molecule has 10 rings (SSSR count). The van der Waals surface area contributed by atoms with Crippen LogP contribution < -0.4 is 0 Å². The van der Waals surface area contributed by atoms with Gasteiger partial charge in [-0.05, 0) is 73.0 Å². The third kappa shape index (κ3) is 5.06. The molecule has 3 nitrogen and oxygen atoms in total. The number of allylic oxidation sites excluding steroid dienone is 4. The first-order valence-electron chi connectivity index (χ1n) is 19.0. The van der Waals surface area contributed by atoms with Gasteiger partial charge in [-0.3, -0.25) is 0 Å². The van der Waals surface area contributed by atoms with E-state index in [4.69, 9.17) is 15.0 Å². The SMILES string of the molecule is CC1(C)c2ccccc2-c2ccc(-c3nc(C4=CC5c6c(-c7ccc(-c8ccccc8)cc7)cccc6C(C)(C)C5C=C4)nc(-c4ccccc4)n3)cc21. The average molecular weight is 696 g/mol. The number of aromatic nitrogens is 3. The van der Waals surface area contributed by atoms with Crippen molar-refractivity contribution in [1.29, 1.82) is 0 Å². The molecule has 3 heteroatoms. The summed E-state index contributed by atoms with van der Waals surface area (Å²) in [5, 5.41) is 0. The summed E-state index contributed by atoms with van der Waals surface area (Å²) >= 11 is 0. The zero-order chi connectivity index (χ0) is 36.6. The molecule has 0 saturated carbocycles. The van der Waals surface area contributed by atoms with Gasteiger partial charge in [0, 0.05) is 28.0 Å². The Morgan fingerprint density at radius 2 is 1.00 bits per heavy atom. The predicted molar refractivity (Wildman–Crippen MR) is 222 cm³/mol. The molecule has 0 fully saturated rings. The van der Waals surface area contributed by atoms with E-state index in [1.165, 1.54) is 55.6 Å². The summed E-state index contributed by atoms with van der Waals surface area (Å²) in [5.41, 5.74) is 15.9. The van der Waals surface area contributed by atoms with Crippen LogP contribution in [0.25, 0.3) is 61.7 Å². The van der Waals surface area contributed by atoms with Gasteiger partial charge in [0.1, 0.15) is 0 Å². The van der Waals surface area contributed by atoms with Crippen LogP contribution in [0.2, 0.25) is 0 Å². The zero-order valence-corrected chi connectivity index (χ0v) is 31.1. The van der Waals surface area contributed by atoms with Crippen molar-refractivity contribution in [1.82, 2.24) is 15.0 Å². The lowest BCUT2D eigenvalue weighted by molar-refractivity contribution is 0.395. The number of benzene rings is 6. The molecule has 0 N–H and O–H groups in total. The fraction of sp³-hybridized carbons (Fsp3) is 0.157. The van der Waals surface area contributed by atoms with E-state index in [9.17, 15) is 0 Å². The minimum absolute atomic E-state index is 0.0349. The van der Waals surface area contributed by atoms with Gasteiger partial charge in [-0.2, -0.15) is 0 Å². The highest BCUT2D eigenvalue weighted by molar-refractivity contribution is 5.84. The highest BCUT2D eigenvalue weighted by Gasteiger charge is 2.46. The van der Waals surface area contributed by atoms with E-state index in [0.717, 1.165) is 16.7 Å². The van der Waals surface area contributed by atoms with Crippen LogP contribution in [0.5, 0.6) is 0 Å². The lowest BCUT2D eigenvalue weighted by atomic mass is 9.73. The second kappa shape index (κ2) is 12.2. The normalized spacial score (nSPS) is 18.3. The molecule has 2 atom stereocenters. The van der Waals surface area contributed by atoms with Crippen molar-refractivity contribution in [3.8, 4) is 56.2 Å². The maximum Gasteiger partial charge on any atom is 0.164 e. The van der Waals surface area contributed by atoms with Crippen molar-refractivity contribution in [3.63, 3.8) is 0 Å². The molecule has 0 radical (unpaired) electrons. The van der Waals surface area contributed by atoms with E-state index in [1.54, 1.807) is 0 Å². The van der Waals surface area contributed by atoms with Crippen molar-refractivity contribution in [2.45, 2.75) is 44.4 Å². The van der Waals surface area contributed by atoms with Crippen LogP contribution in [0.3, 0.4) is 0 Å².